The van der Waals surface area contributed by atoms with Gasteiger partial charge in [0.25, 0.3) is 0 Å². The lowest BCUT2D eigenvalue weighted by atomic mass is 9.86. The van der Waals surface area contributed by atoms with Gasteiger partial charge >= 0.3 is 5.97 Å². The van der Waals surface area contributed by atoms with Crippen molar-refractivity contribution in [3.63, 3.8) is 0 Å². The molecule has 3 rings (SSSR count). The van der Waals surface area contributed by atoms with Crippen LogP contribution in [0.15, 0.2) is 42.2 Å². The summed E-state index contributed by atoms with van der Waals surface area (Å²) in [5.41, 5.74) is 2.80. The first-order valence-electron chi connectivity index (χ1n) is 9.78. The zero-order valence-corrected chi connectivity index (χ0v) is 18.2. The lowest BCUT2D eigenvalue weighted by Crippen LogP contribution is -2.25. The second kappa shape index (κ2) is 7.18. The van der Waals surface area contributed by atoms with Gasteiger partial charge in [0.1, 0.15) is 11.5 Å². The van der Waals surface area contributed by atoms with Crippen LogP contribution in [-0.2, 0) is 10.2 Å². The number of allylic oxidation sites excluding steroid dienone is 1. The zero-order valence-electron chi connectivity index (χ0n) is 18.2. The van der Waals surface area contributed by atoms with Crippen molar-refractivity contribution in [1.29, 1.82) is 0 Å². The molecule has 2 aromatic rings. The Morgan fingerprint density at radius 2 is 1.62 bits per heavy atom. The lowest BCUT2D eigenvalue weighted by Gasteiger charge is -2.18. The third-order valence-electron chi connectivity index (χ3n) is 4.84. The van der Waals surface area contributed by atoms with E-state index in [0.717, 1.165) is 11.1 Å². The third-order valence-corrected chi connectivity index (χ3v) is 4.84. The molecule has 0 aliphatic carbocycles. The molecule has 1 aliphatic rings. The average molecular weight is 392 g/mol. The molecule has 0 saturated carbocycles. The summed E-state index contributed by atoms with van der Waals surface area (Å²) in [4.78, 5) is 25.0. The minimum absolute atomic E-state index is 0.0690. The number of carbonyl (C=O) groups is 2. The standard InChI is InChI=1S/C25H28O4/c1-15-12-18(28-23(27)25(5,6)7)14-19-21(15)22(26)20(29-19)13-16-8-10-17(11-9-16)24(2,3)4/h8-14H,1-7H3/b20-13-. The van der Waals surface area contributed by atoms with Crippen molar-refractivity contribution in [2.24, 2.45) is 5.41 Å². The Morgan fingerprint density at radius 1 is 1.00 bits per heavy atom. The van der Waals surface area contributed by atoms with E-state index in [4.69, 9.17) is 9.47 Å². The summed E-state index contributed by atoms with van der Waals surface area (Å²) in [7, 11) is 0. The van der Waals surface area contributed by atoms with E-state index in [0.29, 0.717) is 17.1 Å². The van der Waals surface area contributed by atoms with E-state index >= 15 is 0 Å². The van der Waals surface area contributed by atoms with Gasteiger partial charge in [-0.2, -0.15) is 0 Å². The number of ether oxygens (including phenoxy) is 2. The number of hydrogen-bond acceptors (Lipinski definition) is 4. The van der Waals surface area contributed by atoms with Crippen molar-refractivity contribution in [3.05, 3.63) is 64.4 Å². The smallest absolute Gasteiger partial charge is 0.316 e. The van der Waals surface area contributed by atoms with Gasteiger partial charge in [-0.1, -0.05) is 45.0 Å². The van der Waals surface area contributed by atoms with Crippen LogP contribution in [0.5, 0.6) is 11.5 Å². The molecular weight excluding hydrogens is 364 g/mol. The molecule has 0 spiro atoms. The van der Waals surface area contributed by atoms with Gasteiger partial charge in [-0.05, 0) is 61.9 Å². The maximum atomic E-state index is 12.8. The van der Waals surface area contributed by atoms with Crippen LogP contribution in [0.1, 0.15) is 68.6 Å². The Morgan fingerprint density at radius 3 is 2.17 bits per heavy atom. The van der Waals surface area contributed by atoms with Crippen LogP contribution >= 0.6 is 0 Å². The maximum Gasteiger partial charge on any atom is 0.316 e. The van der Waals surface area contributed by atoms with Crippen molar-refractivity contribution in [2.45, 2.75) is 53.9 Å². The molecule has 1 heterocycles. The average Bonchev–Trinajstić information content (AvgIpc) is 2.89. The SMILES string of the molecule is Cc1cc(OC(=O)C(C)(C)C)cc2c1C(=O)/C(=C/c1ccc(C(C)(C)C)cc1)O2. The first-order valence-corrected chi connectivity index (χ1v) is 9.78. The van der Waals surface area contributed by atoms with E-state index in [1.807, 2.05) is 19.1 Å². The summed E-state index contributed by atoms with van der Waals surface area (Å²) in [6.07, 6.45) is 1.75. The molecule has 0 amide bonds. The maximum absolute atomic E-state index is 12.8. The molecule has 29 heavy (non-hydrogen) atoms. The number of aryl methyl sites for hydroxylation is 1. The molecule has 0 unspecified atom stereocenters. The summed E-state index contributed by atoms with van der Waals surface area (Å²) in [5.74, 6) is 0.571. The highest BCUT2D eigenvalue weighted by atomic mass is 16.5. The summed E-state index contributed by atoms with van der Waals surface area (Å²) in [6, 6.07) is 11.4. The molecule has 1 aliphatic heterocycles. The predicted molar refractivity (Wildman–Crippen MR) is 114 cm³/mol. The number of hydrogen-bond donors (Lipinski definition) is 0. The van der Waals surface area contributed by atoms with Crippen molar-refractivity contribution >= 4 is 17.8 Å². The molecule has 0 saturated heterocycles. The Labute approximate surface area is 172 Å². The number of ketones is 1. The molecule has 0 fully saturated rings. The van der Waals surface area contributed by atoms with E-state index in [2.05, 4.69) is 32.9 Å². The van der Waals surface area contributed by atoms with E-state index < -0.39 is 5.41 Å². The molecule has 0 bridgehead atoms. The van der Waals surface area contributed by atoms with Crippen molar-refractivity contribution in [2.75, 3.05) is 0 Å². The quantitative estimate of drug-likeness (QED) is 0.365. The second-order valence-corrected chi connectivity index (χ2v) is 9.56. The molecule has 0 radical (unpaired) electrons. The number of benzene rings is 2. The normalized spacial score (nSPS) is 15.3. The van der Waals surface area contributed by atoms with E-state index in [-0.39, 0.29) is 22.9 Å². The molecule has 0 aromatic heterocycles. The fraction of sp³-hybridized carbons (Fsp3) is 0.360. The second-order valence-electron chi connectivity index (χ2n) is 9.56. The van der Waals surface area contributed by atoms with Gasteiger partial charge < -0.3 is 9.47 Å². The predicted octanol–water partition coefficient (Wildman–Crippen LogP) is 5.86. The van der Waals surface area contributed by atoms with E-state index in [1.54, 1.807) is 39.0 Å². The molecule has 4 nitrogen and oxygen atoms in total. The van der Waals surface area contributed by atoms with Crippen molar-refractivity contribution in [3.8, 4) is 11.5 Å². The fourth-order valence-corrected chi connectivity index (χ4v) is 3.03. The van der Waals surface area contributed by atoms with Gasteiger partial charge in [0.05, 0.1) is 11.0 Å². The topological polar surface area (TPSA) is 52.6 Å². The Balaban J connectivity index is 1.87. The van der Waals surface area contributed by atoms with Gasteiger partial charge in [0.15, 0.2) is 5.76 Å². The van der Waals surface area contributed by atoms with Crippen molar-refractivity contribution in [1.82, 2.24) is 0 Å². The number of fused-ring (bicyclic) bond motifs is 1. The number of rotatable bonds is 2. The fourth-order valence-electron chi connectivity index (χ4n) is 3.03. The van der Waals surface area contributed by atoms with E-state index in [9.17, 15) is 9.59 Å². The Kier molecular flexibility index (Phi) is 5.16. The number of esters is 1. The highest BCUT2D eigenvalue weighted by Crippen LogP contribution is 2.38. The number of Topliss-reactive ketones (excluding diaryl/α,β-unsaturated/α-hetero) is 1. The minimum atomic E-state index is -0.617. The highest BCUT2D eigenvalue weighted by molar-refractivity contribution is 6.15. The van der Waals surface area contributed by atoms with Crippen LogP contribution in [0.3, 0.4) is 0 Å². The van der Waals surface area contributed by atoms with E-state index in [1.165, 1.54) is 5.56 Å². The molecule has 0 atom stereocenters. The monoisotopic (exact) mass is 392 g/mol. The van der Waals surface area contributed by atoms with Gasteiger partial charge in [-0.25, -0.2) is 0 Å². The van der Waals surface area contributed by atoms with Crippen LogP contribution in [0.4, 0.5) is 0 Å². The third kappa shape index (κ3) is 4.42. The summed E-state index contributed by atoms with van der Waals surface area (Å²) in [6.45, 7) is 13.7. The van der Waals surface area contributed by atoms with Crippen molar-refractivity contribution < 1.29 is 19.1 Å². The first kappa shape index (κ1) is 20.8. The van der Waals surface area contributed by atoms with Gasteiger partial charge in [0.2, 0.25) is 5.78 Å². The lowest BCUT2D eigenvalue weighted by molar-refractivity contribution is -0.143. The Bertz CT molecular complexity index is 997. The van der Waals surface area contributed by atoms with Gasteiger partial charge in [-0.3, -0.25) is 9.59 Å². The molecule has 152 valence electrons. The largest absolute Gasteiger partial charge is 0.452 e. The zero-order chi connectivity index (χ0) is 21.6. The molecular formula is C25H28O4. The molecule has 2 aromatic carbocycles. The van der Waals surface area contributed by atoms with Gasteiger partial charge in [0, 0.05) is 6.07 Å². The van der Waals surface area contributed by atoms with Crippen LogP contribution in [0, 0.1) is 12.3 Å². The van der Waals surface area contributed by atoms with Crippen LogP contribution in [-0.4, -0.2) is 11.8 Å². The Hall–Kier alpha value is -2.88. The summed E-state index contributed by atoms with van der Waals surface area (Å²) < 4.78 is 11.3. The molecule has 0 N–H and O–H groups in total. The van der Waals surface area contributed by atoms with Crippen LogP contribution in [0.2, 0.25) is 0 Å². The van der Waals surface area contributed by atoms with Crippen LogP contribution in [0.25, 0.3) is 6.08 Å². The molecule has 4 heteroatoms. The first-order chi connectivity index (χ1) is 13.4. The van der Waals surface area contributed by atoms with Gasteiger partial charge in [-0.15, -0.1) is 0 Å². The minimum Gasteiger partial charge on any atom is -0.452 e. The van der Waals surface area contributed by atoms with Crippen LogP contribution < -0.4 is 9.47 Å². The summed E-state index contributed by atoms with van der Waals surface area (Å²) >= 11 is 0. The highest BCUT2D eigenvalue weighted by Gasteiger charge is 2.31. The number of carbonyl (C=O) groups excluding carboxylic acids is 2. The summed E-state index contributed by atoms with van der Waals surface area (Å²) in [5, 5.41) is 0.